The van der Waals surface area contributed by atoms with Gasteiger partial charge in [-0.05, 0) is 31.2 Å². The van der Waals surface area contributed by atoms with Crippen LogP contribution in [0.25, 0.3) is 11.0 Å². The molecule has 8 heteroatoms. The number of carbonyl (C=O) groups is 1. The summed E-state index contributed by atoms with van der Waals surface area (Å²) in [5.74, 6) is 0.265. The average Bonchev–Trinajstić information content (AvgIpc) is 3.06. The number of para-hydroxylation sites is 3. The van der Waals surface area contributed by atoms with Crippen LogP contribution in [0.15, 0.2) is 52.7 Å². The maximum absolute atomic E-state index is 11.9. The molecule has 3 aromatic rings. The van der Waals surface area contributed by atoms with Crippen molar-refractivity contribution in [3.8, 4) is 11.5 Å². The van der Waals surface area contributed by atoms with Crippen LogP contribution in [0.5, 0.6) is 11.5 Å². The van der Waals surface area contributed by atoms with Crippen molar-refractivity contribution < 1.29 is 14.6 Å². The average molecular weight is 370 g/mol. The highest BCUT2D eigenvalue weighted by molar-refractivity contribution is 7.99. The highest BCUT2D eigenvalue weighted by Gasteiger charge is 2.07. The van der Waals surface area contributed by atoms with Crippen LogP contribution in [-0.4, -0.2) is 39.6 Å². The number of aromatic nitrogens is 2. The summed E-state index contributed by atoms with van der Waals surface area (Å²) >= 11 is 1.29. The molecule has 134 valence electrons. The summed E-state index contributed by atoms with van der Waals surface area (Å²) in [7, 11) is 0. The van der Waals surface area contributed by atoms with E-state index in [9.17, 15) is 9.90 Å². The van der Waals surface area contributed by atoms with Crippen LogP contribution < -0.4 is 10.2 Å². The van der Waals surface area contributed by atoms with Crippen LogP contribution in [0.1, 0.15) is 12.5 Å². The van der Waals surface area contributed by atoms with Crippen molar-refractivity contribution in [2.45, 2.75) is 12.1 Å². The van der Waals surface area contributed by atoms with Crippen molar-refractivity contribution in [2.24, 2.45) is 5.10 Å². The van der Waals surface area contributed by atoms with E-state index in [0.29, 0.717) is 23.1 Å². The van der Waals surface area contributed by atoms with Gasteiger partial charge in [-0.1, -0.05) is 30.0 Å². The molecule has 26 heavy (non-hydrogen) atoms. The van der Waals surface area contributed by atoms with Gasteiger partial charge >= 0.3 is 0 Å². The number of nitrogens with one attached hydrogen (secondary N) is 2. The molecule has 0 aliphatic rings. The third-order valence-electron chi connectivity index (χ3n) is 3.43. The predicted molar refractivity (Wildman–Crippen MR) is 102 cm³/mol. The normalized spacial score (nSPS) is 11.1. The van der Waals surface area contributed by atoms with Crippen molar-refractivity contribution in [1.82, 2.24) is 15.4 Å². The number of hydrogen-bond acceptors (Lipinski definition) is 6. The fraction of sp³-hybridized carbons (Fsp3) is 0.167. The van der Waals surface area contributed by atoms with Gasteiger partial charge in [0.2, 0.25) is 0 Å². The number of rotatable bonds is 7. The Labute approximate surface area is 154 Å². The van der Waals surface area contributed by atoms with E-state index < -0.39 is 0 Å². The fourth-order valence-corrected chi connectivity index (χ4v) is 2.93. The molecule has 3 N–H and O–H groups in total. The minimum absolute atomic E-state index is 0.0102. The summed E-state index contributed by atoms with van der Waals surface area (Å²) in [6.07, 6.45) is 1.38. The Morgan fingerprint density at radius 1 is 1.35 bits per heavy atom. The summed E-state index contributed by atoms with van der Waals surface area (Å²) in [5, 5.41) is 14.6. The number of amides is 1. The number of nitrogens with zero attached hydrogens (tertiary/aromatic N) is 2. The summed E-state index contributed by atoms with van der Waals surface area (Å²) in [5.41, 5.74) is 4.68. The van der Waals surface area contributed by atoms with Crippen LogP contribution in [0, 0.1) is 0 Å². The Morgan fingerprint density at radius 3 is 3.00 bits per heavy atom. The number of H-pyrrole nitrogens is 1. The number of hydrogen-bond donors (Lipinski definition) is 3. The van der Waals surface area contributed by atoms with E-state index >= 15 is 0 Å². The molecule has 0 radical (unpaired) electrons. The predicted octanol–water partition coefficient (Wildman–Crippen LogP) is 2.91. The third-order valence-corrected chi connectivity index (χ3v) is 4.30. The second kappa shape index (κ2) is 8.39. The minimum Gasteiger partial charge on any atom is -0.504 e. The Hall–Kier alpha value is -3.00. The fourth-order valence-electron chi connectivity index (χ4n) is 2.25. The first-order valence-corrected chi connectivity index (χ1v) is 9.00. The maximum Gasteiger partial charge on any atom is 0.250 e. The smallest absolute Gasteiger partial charge is 0.250 e. The molecule has 0 fully saturated rings. The second-order valence-corrected chi connectivity index (χ2v) is 6.23. The Kier molecular flexibility index (Phi) is 5.75. The van der Waals surface area contributed by atoms with Gasteiger partial charge in [0.15, 0.2) is 16.7 Å². The standard InChI is InChI=1S/C18H18N4O3S/c1-2-25-15-9-5-6-12(17(15)24)10-19-22-16(23)11-26-18-20-13-7-3-4-8-14(13)21-18/h3-10,24H,2,11H2,1H3,(H,20,21)(H,22,23). The van der Waals surface area contributed by atoms with Gasteiger partial charge in [-0.2, -0.15) is 5.10 Å². The number of aromatic hydroxyl groups is 1. The zero-order valence-corrected chi connectivity index (χ0v) is 14.9. The number of phenols is 1. The largest absolute Gasteiger partial charge is 0.504 e. The highest BCUT2D eigenvalue weighted by atomic mass is 32.2. The van der Waals surface area contributed by atoms with Crippen LogP contribution in [0.2, 0.25) is 0 Å². The van der Waals surface area contributed by atoms with Crippen molar-refractivity contribution in [3.63, 3.8) is 0 Å². The van der Waals surface area contributed by atoms with Gasteiger partial charge < -0.3 is 14.8 Å². The third kappa shape index (κ3) is 4.34. The molecule has 1 aromatic heterocycles. The van der Waals surface area contributed by atoms with E-state index in [-0.39, 0.29) is 17.4 Å². The maximum atomic E-state index is 11.9. The number of aromatic amines is 1. The van der Waals surface area contributed by atoms with Gasteiger partial charge in [0.25, 0.3) is 5.91 Å². The first kappa shape index (κ1) is 17.8. The topological polar surface area (TPSA) is 99.6 Å². The van der Waals surface area contributed by atoms with E-state index in [4.69, 9.17) is 4.74 Å². The number of imidazole rings is 1. The Morgan fingerprint density at radius 2 is 2.19 bits per heavy atom. The molecule has 0 unspecified atom stereocenters. The van der Waals surface area contributed by atoms with E-state index in [1.54, 1.807) is 18.2 Å². The molecular formula is C18H18N4O3S. The Balaban J connectivity index is 1.54. The summed E-state index contributed by atoms with van der Waals surface area (Å²) in [6, 6.07) is 12.8. The summed E-state index contributed by atoms with van der Waals surface area (Å²) < 4.78 is 5.30. The van der Waals surface area contributed by atoms with E-state index in [2.05, 4.69) is 20.5 Å². The summed E-state index contributed by atoms with van der Waals surface area (Å²) in [4.78, 5) is 19.4. The number of thioether (sulfide) groups is 1. The van der Waals surface area contributed by atoms with Gasteiger partial charge in [-0.15, -0.1) is 0 Å². The minimum atomic E-state index is -0.271. The van der Waals surface area contributed by atoms with E-state index in [1.807, 2.05) is 31.2 Å². The van der Waals surface area contributed by atoms with Gasteiger partial charge in [-0.25, -0.2) is 10.4 Å². The van der Waals surface area contributed by atoms with E-state index in [1.165, 1.54) is 18.0 Å². The zero-order valence-electron chi connectivity index (χ0n) is 14.1. The van der Waals surface area contributed by atoms with Gasteiger partial charge in [0, 0.05) is 5.56 Å². The number of benzene rings is 2. The van der Waals surface area contributed by atoms with Crippen molar-refractivity contribution in [1.29, 1.82) is 0 Å². The van der Waals surface area contributed by atoms with Gasteiger partial charge in [-0.3, -0.25) is 4.79 Å². The van der Waals surface area contributed by atoms with Gasteiger partial charge in [0.05, 0.1) is 29.6 Å². The SMILES string of the molecule is CCOc1cccc(C=NNC(=O)CSc2nc3ccccc3[nH]2)c1O. The lowest BCUT2D eigenvalue weighted by atomic mass is 10.2. The monoisotopic (exact) mass is 370 g/mol. The lowest BCUT2D eigenvalue weighted by molar-refractivity contribution is -0.118. The first-order chi connectivity index (χ1) is 12.7. The number of carbonyl (C=O) groups excluding carboxylic acids is 1. The second-order valence-electron chi connectivity index (χ2n) is 5.27. The molecule has 1 heterocycles. The molecule has 3 rings (SSSR count). The molecule has 0 spiro atoms. The van der Waals surface area contributed by atoms with Gasteiger partial charge in [0.1, 0.15) is 0 Å². The molecule has 0 saturated carbocycles. The van der Waals surface area contributed by atoms with Crippen LogP contribution in [0.3, 0.4) is 0 Å². The molecule has 2 aromatic carbocycles. The lowest BCUT2D eigenvalue weighted by Crippen LogP contribution is -2.19. The molecule has 0 bridgehead atoms. The first-order valence-electron chi connectivity index (χ1n) is 8.01. The molecule has 0 atom stereocenters. The molecule has 0 saturated heterocycles. The van der Waals surface area contributed by atoms with Crippen molar-refractivity contribution in [2.75, 3.05) is 12.4 Å². The number of fused-ring (bicyclic) bond motifs is 1. The molecule has 0 aliphatic carbocycles. The number of ether oxygens (including phenoxy) is 1. The summed E-state index contributed by atoms with van der Waals surface area (Å²) in [6.45, 7) is 2.28. The molecular weight excluding hydrogens is 352 g/mol. The molecule has 7 nitrogen and oxygen atoms in total. The van der Waals surface area contributed by atoms with Crippen LogP contribution in [-0.2, 0) is 4.79 Å². The molecule has 1 amide bonds. The molecule has 0 aliphatic heterocycles. The van der Waals surface area contributed by atoms with Crippen LogP contribution in [0.4, 0.5) is 0 Å². The Bertz CT molecular complexity index is 906. The number of hydrazone groups is 1. The lowest BCUT2D eigenvalue weighted by Gasteiger charge is -2.07. The van der Waals surface area contributed by atoms with E-state index in [0.717, 1.165) is 11.0 Å². The van der Waals surface area contributed by atoms with Crippen LogP contribution >= 0.6 is 11.8 Å². The highest BCUT2D eigenvalue weighted by Crippen LogP contribution is 2.28. The van der Waals surface area contributed by atoms with Crippen molar-refractivity contribution in [3.05, 3.63) is 48.0 Å². The van der Waals surface area contributed by atoms with Crippen molar-refractivity contribution >= 4 is 34.9 Å². The number of phenolic OH excluding ortho intramolecular Hbond substituents is 1. The zero-order chi connectivity index (χ0) is 18.4. The quantitative estimate of drug-likeness (QED) is 0.337.